The summed E-state index contributed by atoms with van der Waals surface area (Å²) in [7, 11) is 0. The van der Waals surface area contributed by atoms with E-state index in [2.05, 4.69) is 19.1 Å². The smallest absolute Gasteiger partial charge is 0.168 e. The van der Waals surface area contributed by atoms with Gasteiger partial charge in [-0.15, -0.1) is 0 Å². The third-order valence-electron chi connectivity index (χ3n) is 3.07. The van der Waals surface area contributed by atoms with Gasteiger partial charge in [0.2, 0.25) is 0 Å². The van der Waals surface area contributed by atoms with Gasteiger partial charge in [-0.05, 0) is 25.7 Å². The van der Waals surface area contributed by atoms with Crippen molar-refractivity contribution < 1.29 is 9.47 Å². The van der Waals surface area contributed by atoms with Crippen molar-refractivity contribution in [1.82, 2.24) is 0 Å². The minimum absolute atomic E-state index is 0.182. The highest BCUT2D eigenvalue weighted by atomic mass is 16.7. The zero-order valence-corrected chi connectivity index (χ0v) is 8.29. The quantitative estimate of drug-likeness (QED) is 0.580. The Bertz CT molecular complexity index is 182. The number of rotatable bonds is 1. The van der Waals surface area contributed by atoms with Crippen LogP contribution in [0.15, 0.2) is 12.2 Å². The van der Waals surface area contributed by atoms with Crippen LogP contribution in [0.4, 0.5) is 0 Å². The Morgan fingerprint density at radius 3 is 2.31 bits per heavy atom. The van der Waals surface area contributed by atoms with Gasteiger partial charge in [-0.25, -0.2) is 0 Å². The van der Waals surface area contributed by atoms with Gasteiger partial charge in [0.1, 0.15) is 0 Å². The minimum atomic E-state index is -0.182. The average molecular weight is 182 g/mol. The Kier molecular flexibility index (Phi) is 2.70. The van der Waals surface area contributed by atoms with Crippen LogP contribution < -0.4 is 0 Å². The summed E-state index contributed by atoms with van der Waals surface area (Å²) in [5.41, 5.74) is 0. The summed E-state index contributed by atoms with van der Waals surface area (Å²) in [4.78, 5) is 0. The molecule has 2 aliphatic rings. The van der Waals surface area contributed by atoms with Crippen LogP contribution in [0.3, 0.4) is 0 Å². The summed E-state index contributed by atoms with van der Waals surface area (Å²) in [6.07, 6.45) is 9.03. The molecular formula is C11H18O2. The van der Waals surface area contributed by atoms with Gasteiger partial charge in [0, 0.05) is 12.8 Å². The maximum atomic E-state index is 5.66. The number of ether oxygens (including phenoxy) is 2. The molecule has 0 aromatic carbocycles. The molecule has 1 aliphatic heterocycles. The highest BCUT2D eigenvalue weighted by Crippen LogP contribution is 2.38. The van der Waals surface area contributed by atoms with Crippen LogP contribution in [0.1, 0.15) is 32.6 Å². The highest BCUT2D eigenvalue weighted by Gasteiger charge is 2.39. The summed E-state index contributed by atoms with van der Waals surface area (Å²) in [5, 5.41) is 0. The van der Waals surface area contributed by atoms with Crippen LogP contribution in [0.2, 0.25) is 0 Å². The molecule has 0 atom stereocenters. The molecule has 74 valence electrons. The van der Waals surface area contributed by atoms with Crippen molar-refractivity contribution in [3.63, 3.8) is 0 Å². The fourth-order valence-corrected chi connectivity index (χ4v) is 2.33. The molecule has 0 amide bonds. The van der Waals surface area contributed by atoms with Gasteiger partial charge in [-0.1, -0.05) is 12.2 Å². The first kappa shape index (κ1) is 9.22. The monoisotopic (exact) mass is 182 g/mol. The zero-order valence-electron chi connectivity index (χ0n) is 8.29. The molecule has 0 unspecified atom stereocenters. The molecule has 13 heavy (non-hydrogen) atoms. The Morgan fingerprint density at radius 1 is 1.15 bits per heavy atom. The summed E-state index contributed by atoms with van der Waals surface area (Å²) in [6.45, 7) is 3.66. The number of allylic oxidation sites excluding steroid dienone is 2. The normalized spacial score (nSPS) is 29.0. The van der Waals surface area contributed by atoms with Gasteiger partial charge in [0.05, 0.1) is 13.2 Å². The molecule has 2 heteroatoms. The Labute approximate surface area is 79.9 Å². The van der Waals surface area contributed by atoms with Crippen molar-refractivity contribution in [2.75, 3.05) is 13.2 Å². The molecule has 0 radical (unpaired) electrons. The Balaban J connectivity index is 1.88. The number of hydrogen-bond donors (Lipinski definition) is 0. The summed E-state index contributed by atoms with van der Waals surface area (Å²) >= 11 is 0. The van der Waals surface area contributed by atoms with Gasteiger partial charge in [-0.3, -0.25) is 0 Å². The third-order valence-corrected chi connectivity index (χ3v) is 3.07. The van der Waals surface area contributed by atoms with E-state index in [1.54, 1.807) is 0 Å². The Hall–Kier alpha value is -0.340. The SMILES string of the molecule is C/C=C/C1CCC2(CC1)OCCO2. The van der Waals surface area contributed by atoms with E-state index in [-0.39, 0.29) is 5.79 Å². The van der Waals surface area contributed by atoms with Gasteiger partial charge >= 0.3 is 0 Å². The van der Waals surface area contributed by atoms with E-state index in [4.69, 9.17) is 9.47 Å². The summed E-state index contributed by atoms with van der Waals surface area (Å²) in [6, 6.07) is 0. The van der Waals surface area contributed by atoms with Crippen molar-refractivity contribution in [3.8, 4) is 0 Å². The first-order chi connectivity index (χ1) is 6.35. The first-order valence-electron chi connectivity index (χ1n) is 5.25. The molecule has 0 bridgehead atoms. The maximum Gasteiger partial charge on any atom is 0.168 e. The molecule has 0 N–H and O–H groups in total. The first-order valence-corrected chi connectivity index (χ1v) is 5.25. The highest BCUT2D eigenvalue weighted by molar-refractivity contribution is 4.92. The molecule has 1 saturated carbocycles. The Morgan fingerprint density at radius 2 is 1.77 bits per heavy atom. The molecule has 1 heterocycles. The largest absolute Gasteiger partial charge is 0.348 e. The zero-order chi connectivity index (χ0) is 9.15. The second-order valence-corrected chi connectivity index (χ2v) is 3.97. The molecule has 0 aromatic heterocycles. The van der Waals surface area contributed by atoms with Crippen molar-refractivity contribution in [2.45, 2.75) is 38.4 Å². The van der Waals surface area contributed by atoms with Gasteiger partial charge in [0.15, 0.2) is 5.79 Å². The predicted molar refractivity (Wildman–Crippen MR) is 51.4 cm³/mol. The lowest BCUT2D eigenvalue weighted by Crippen LogP contribution is -2.34. The lowest BCUT2D eigenvalue weighted by atomic mass is 9.85. The van der Waals surface area contributed by atoms with E-state index in [1.165, 1.54) is 12.8 Å². The van der Waals surface area contributed by atoms with Crippen LogP contribution in [-0.2, 0) is 9.47 Å². The van der Waals surface area contributed by atoms with Crippen molar-refractivity contribution in [3.05, 3.63) is 12.2 Å². The molecular weight excluding hydrogens is 164 g/mol. The van der Waals surface area contributed by atoms with E-state index in [1.807, 2.05) is 0 Å². The minimum Gasteiger partial charge on any atom is -0.348 e. The molecule has 2 rings (SSSR count). The fourth-order valence-electron chi connectivity index (χ4n) is 2.33. The van der Waals surface area contributed by atoms with Crippen LogP contribution >= 0.6 is 0 Å². The third kappa shape index (κ3) is 1.94. The van der Waals surface area contributed by atoms with E-state index < -0.39 is 0 Å². The topological polar surface area (TPSA) is 18.5 Å². The molecule has 2 nitrogen and oxygen atoms in total. The van der Waals surface area contributed by atoms with E-state index in [9.17, 15) is 0 Å². The predicted octanol–water partition coefficient (Wildman–Crippen LogP) is 2.50. The van der Waals surface area contributed by atoms with Crippen LogP contribution in [0.25, 0.3) is 0 Å². The van der Waals surface area contributed by atoms with Crippen molar-refractivity contribution in [2.24, 2.45) is 5.92 Å². The second-order valence-electron chi connectivity index (χ2n) is 3.97. The van der Waals surface area contributed by atoms with Crippen LogP contribution in [0.5, 0.6) is 0 Å². The van der Waals surface area contributed by atoms with E-state index in [0.717, 1.165) is 32.0 Å². The molecule has 1 saturated heterocycles. The lowest BCUT2D eigenvalue weighted by Gasteiger charge is -2.34. The lowest BCUT2D eigenvalue weighted by molar-refractivity contribution is -0.180. The molecule has 2 fully saturated rings. The van der Waals surface area contributed by atoms with Crippen molar-refractivity contribution in [1.29, 1.82) is 0 Å². The molecule has 1 aliphatic carbocycles. The molecule has 0 aromatic rings. The second kappa shape index (κ2) is 3.81. The van der Waals surface area contributed by atoms with Crippen LogP contribution in [0, 0.1) is 5.92 Å². The standard InChI is InChI=1S/C11H18O2/c1-2-3-10-4-6-11(7-5-10)12-8-9-13-11/h2-3,10H,4-9H2,1H3/b3-2+. The van der Waals surface area contributed by atoms with Gasteiger partial charge < -0.3 is 9.47 Å². The van der Waals surface area contributed by atoms with E-state index >= 15 is 0 Å². The maximum absolute atomic E-state index is 5.66. The van der Waals surface area contributed by atoms with Gasteiger partial charge in [0.25, 0.3) is 0 Å². The summed E-state index contributed by atoms with van der Waals surface area (Å²) in [5.74, 6) is 0.571. The summed E-state index contributed by atoms with van der Waals surface area (Å²) < 4.78 is 11.3. The number of hydrogen-bond acceptors (Lipinski definition) is 2. The fraction of sp³-hybridized carbons (Fsp3) is 0.818. The van der Waals surface area contributed by atoms with Crippen molar-refractivity contribution >= 4 is 0 Å². The average Bonchev–Trinajstić information content (AvgIpc) is 2.59. The van der Waals surface area contributed by atoms with E-state index in [0.29, 0.717) is 0 Å². The molecule has 1 spiro atoms. The van der Waals surface area contributed by atoms with Crippen LogP contribution in [-0.4, -0.2) is 19.0 Å². The van der Waals surface area contributed by atoms with Gasteiger partial charge in [-0.2, -0.15) is 0 Å².